The number of hydrogen-bond donors (Lipinski definition) is 1. The van der Waals surface area contributed by atoms with Crippen LogP contribution in [0.4, 0.5) is 0 Å². The topological polar surface area (TPSA) is 37.3 Å². The van der Waals surface area contributed by atoms with Gasteiger partial charge in [0, 0.05) is 9.58 Å². The first-order valence-corrected chi connectivity index (χ1v) is 5.76. The molecule has 0 spiro atoms. The molecule has 1 aromatic heterocycles. The van der Waals surface area contributed by atoms with Crippen LogP contribution in [0.5, 0.6) is 0 Å². The van der Waals surface area contributed by atoms with Gasteiger partial charge in [0.15, 0.2) is 0 Å². The van der Waals surface area contributed by atoms with Crippen molar-refractivity contribution in [1.29, 1.82) is 0 Å². The lowest BCUT2D eigenvalue weighted by Gasteiger charge is -2.04. The molecular weight excluding hydrogens is 208 g/mol. The molecule has 0 aliphatic heterocycles. The van der Waals surface area contributed by atoms with Crippen LogP contribution in [0.2, 0.25) is 0 Å². The highest BCUT2D eigenvalue weighted by molar-refractivity contribution is 7.19. The van der Waals surface area contributed by atoms with Crippen LogP contribution in [0, 0.1) is 0 Å². The Hall–Kier alpha value is -1.35. The SMILES string of the molecule is O=C(O)C1(c2cc3ccccc3s2)CC1. The second-order valence-electron chi connectivity index (χ2n) is 4.04. The molecule has 2 aromatic rings. The van der Waals surface area contributed by atoms with Crippen LogP contribution >= 0.6 is 11.3 Å². The summed E-state index contributed by atoms with van der Waals surface area (Å²) in [6.45, 7) is 0. The fourth-order valence-electron chi connectivity index (χ4n) is 1.91. The zero-order valence-electron chi connectivity index (χ0n) is 8.06. The van der Waals surface area contributed by atoms with Gasteiger partial charge in [0.2, 0.25) is 0 Å². The maximum Gasteiger partial charge on any atom is 0.314 e. The Bertz CT molecular complexity index is 504. The second-order valence-corrected chi connectivity index (χ2v) is 5.12. The fraction of sp³-hybridized carbons (Fsp3) is 0.250. The standard InChI is InChI=1S/C12H10O2S/c13-11(14)12(5-6-12)10-7-8-3-1-2-4-9(8)15-10/h1-4,7H,5-6H2,(H,13,14). The van der Waals surface area contributed by atoms with Gasteiger partial charge in [0.25, 0.3) is 0 Å². The molecule has 3 heteroatoms. The summed E-state index contributed by atoms with van der Waals surface area (Å²) in [5.74, 6) is -0.672. The van der Waals surface area contributed by atoms with Gasteiger partial charge in [-0.3, -0.25) is 4.79 Å². The molecule has 1 aliphatic carbocycles. The van der Waals surface area contributed by atoms with Gasteiger partial charge in [-0.25, -0.2) is 0 Å². The average molecular weight is 218 g/mol. The predicted molar refractivity (Wildman–Crippen MR) is 60.4 cm³/mol. The van der Waals surface area contributed by atoms with Crippen molar-refractivity contribution in [3.05, 3.63) is 35.2 Å². The van der Waals surface area contributed by atoms with Crippen molar-refractivity contribution in [2.24, 2.45) is 0 Å². The molecule has 3 rings (SSSR count). The summed E-state index contributed by atoms with van der Waals surface area (Å²) in [7, 11) is 0. The molecule has 1 aliphatic rings. The minimum absolute atomic E-state index is 0.552. The van der Waals surface area contributed by atoms with Crippen LogP contribution in [-0.2, 0) is 10.2 Å². The highest BCUT2D eigenvalue weighted by Crippen LogP contribution is 2.51. The van der Waals surface area contributed by atoms with E-state index in [1.165, 1.54) is 4.70 Å². The highest BCUT2D eigenvalue weighted by Gasteiger charge is 2.52. The monoisotopic (exact) mass is 218 g/mol. The lowest BCUT2D eigenvalue weighted by molar-refractivity contribution is -0.139. The van der Waals surface area contributed by atoms with Gasteiger partial charge in [-0.15, -0.1) is 11.3 Å². The lowest BCUT2D eigenvalue weighted by atomic mass is 10.1. The molecule has 1 aromatic carbocycles. The molecule has 0 unspecified atom stereocenters. The van der Waals surface area contributed by atoms with Crippen LogP contribution in [-0.4, -0.2) is 11.1 Å². The molecular formula is C12H10O2S. The quantitative estimate of drug-likeness (QED) is 0.841. The third-order valence-electron chi connectivity index (χ3n) is 3.06. The Morgan fingerprint density at radius 1 is 1.33 bits per heavy atom. The summed E-state index contributed by atoms with van der Waals surface area (Å²) >= 11 is 1.61. The van der Waals surface area contributed by atoms with E-state index in [4.69, 9.17) is 0 Å². The molecule has 2 nitrogen and oxygen atoms in total. The van der Waals surface area contributed by atoms with Crippen LogP contribution in [0.3, 0.4) is 0 Å². The molecule has 0 atom stereocenters. The van der Waals surface area contributed by atoms with E-state index in [1.54, 1.807) is 11.3 Å². The molecule has 0 amide bonds. The minimum Gasteiger partial charge on any atom is -0.481 e. The zero-order valence-corrected chi connectivity index (χ0v) is 8.88. The largest absolute Gasteiger partial charge is 0.481 e. The van der Waals surface area contributed by atoms with Gasteiger partial charge in [-0.1, -0.05) is 18.2 Å². The van der Waals surface area contributed by atoms with E-state index < -0.39 is 11.4 Å². The Morgan fingerprint density at radius 2 is 2.07 bits per heavy atom. The van der Waals surface area contributed by atoms with E-state index in [9.17, 15) is 9.90 Å². The van der Waals surface area contributed by atoms with Gasteiger partial charge >= 0.3 is 5.97 Å². The number of carboxylic acids is 1. The first-order chi connectivity index (χ1) is 7.22. The van der Waals surface area contributed by atoms with Gasteiger partial charge in [0.05, 0.1) is 0 Å². The molecule has 15 heavy (non-hydrogen) atoms. The first-order valence-electron chi connectivity index (χ1n) is 4.95. The van der Waals surface area contributed by atoms with Crippen LogP contribution < -0.4 is 0 Å². The molecule has 0 saturated heterocycles. The lowest BCUT2D eigenvalue weighted by Crippen LogP contribution is -2.17. The van der Waals surface area contributed by atoms with Crippen LogP contribution in [0.1, 0.15) is 17.7 Å². The number of thiophene rings is 1. The number of fused-ring (bicyclic) bond motifs is 1. The molecule has 0 bridgehead atoms. The summed E-state index contributed by atoms with van der Waals surface area (Å²) in [5, 5.41) is 10.3. The van der Waals surface area contributed by atoms with Gasteiger partial charge in [0.1, 0.15) is 5.41 Å². The molecule has 1 fully saturated rings. The van der Waals surface area contributed by atoms with Crippen molar-refractivity contribution >= 4 is 27.4 Å². The normalized spacial score (nSPS) is 17.9. The molecule has 1 saturated carbocycles. The van der Waals surface area contributed by atoms with Crippen molar-refractivity contribution in [3.63, 3.8) is 0 Å². The van der Waals surface area contributed by atoms with Crippen LogP contribution in [0.15, 0.2) is 30.3 Å². The van der Waals surface area contributed by atoms with Crippen molar-refractivity contribution in [2.45, 2.75) is 18.3 Å². The van der Waals surface area contributed by atoms with Gasteiger partial charge < -0.3 is 5.11 Å². The maximum atomic E-state index is 11.2. The summed E-state index contributed by atoms with van der Waals surface area (Å²) in [4.78, 5) is 12.2. The summed E-state index contributed by atoms with van der Waals surface area (Å²) in [5.41, 5.74) is -0.552. The van der Waals surface area contributed by atoms with Crippen molar-refractivity contribution < 1.29 is 9.90 Å². The molecule has 1 N–H and O–H groups in total. The first kappa shape index (κ1) is 8.92. The van der Waals surface area contributed by atoms with E-state index in [0.717, 1.165) is 23.1 Å². The van der Waals surface area contributed by atoms with E-state index in [-0.39, 0.29) is 0 Å². The number of hydrogen-bond acceptors (Lipinski definition) is 2. The van der Waals surface area contributed by atoms with E-state index in [0.29, 0.717) is 0 Å². The zero-order chi connectivity index (χ0) is 10.5. The van der Waals surface area contributed by atoms with E-state index in [2.05, 4.69) is 0 Å². The molecule has 76 valence electrons. The van der Waals surface area contributed by atoms with E-state index in [1.807, 2.05) is 30.3 Å². The minimum atomic E-state index is -0.672. The third-order valence-corrected chi connectivity index (χ3v) is 4.38. The third kappa shape index (κ3) is 1.20. The summed E-state index contributed by atoms with van der Waals surface area (Å²) in [6, 6.07) is 10.1. The van der Waals surface area contributed by atoms with E-state index >= 15 is 0 Å². The van der Waals surface area contributed by atoms with Gasteiger partial charge in [-0.05, 0) is 30.4 Å². The number of aliphatic carboxylic acids is 1. The Kier molecular flexibility index (Phi) is 1.68. The fourth-order valence-corrected chi connectivity index (χ4v) is 3.21. The van der Waals surface area contributed by atoms with Crippen LogP contribution in [0.25, 0.3) is 10.1 Å². The maximum absolute atomic E-state index is 11.2. The molecule has 0 radical (unpaired) electrons. The number of rotatable bonds is 2. The summed E-state index contributed by atoms with van der Waals surface area (Å²) in [6.07, 6.45) is 1.57. The summed E-state index contributed by atoms with van der Waals surface area (Å²) < 4.78 is 1.18. The van der Waals surface area contributed by atoms with Crippen molar-refractivity contribution in [1.82, 2.24) is 0 Å². The smallest absolute Gasteiger partial charge is 0.314 e. The average Bonchev–Trinajstić information content (AvgIpc) is 2.93. The highest BCUT2D eigenvalue weighted by atomic mass is 32.1. The predicted octanol–water partition coefficient (Wildman–Crippen LogP) is 3.02. The second kappa shape index (κ2) is 2.83. The Labute approximate surface area is 91.2 Å². The van der Waals surface area contributed by atoms with Crippen molar-refractivity contribution in [3.8, 4) is 0 Å². The van der Waals surface area contributed by atoms with Crippen molar-refractivity contribution in [2.75, 3.05) is 0 Å². The number of carbonyl (C=O) groups is 1. The Morgan fingerprint density at radius 3 is 2.67 bits per heavy atom. The Balaban J connectivity index is 2.17. The van der Waals surface area contributed by atoms with Gasteiger partial charge in [-0.2, -0.15) is 0 Å². The molecule has 1 heterocycles. The number of benzene rings is 1. The number of carboxylic acid groups (broad SMARTS) is 1.